The van der Waals surface area contributed by atoms with Gasteiger partial charge in [-0.05, 0) is 57.5 Å². The van der Waals surface area contributed by atoms with Crippen molar-refractivity contribution in [1.29, 1.82) is 5.26 Å². The number of amides is 1. The molecule has 5 heteroatoms. The molecule has 0 radical (unpaired) electrons. The number of rotatable bonds is 5. The van der Waals surface area contributed by atoms with Gasteiger partial charge in [-0.3, -0.25) is 4.79 Å². The molecule has 0 saturated carbocycles. The number of carbonyl (C=O) groups is 1. The first kappa shape index (κ1) is 17.8. The van der Waals surface area contributed by atoms with Gasteiger partial charge in [-0.15, -0.1) is 0 Å². The topological polar surface area (TPSA) is 86.3 Å². The van der Waals surface area contributed by atoms with E-state index in [4.69, 9.17) is 9.68 Å². The van der Waals surface area contributed by atoms with Crippen LogP contribution in [0.15, 0.2) is 40.8 Å². The fourth-order valence-electron chi connectivity index (χ4n) is 2.39. The molecule has 1 aromatic heterocycles. The SMILES string of the molecule is Cc1ccc(C(C)(O)CNC(=O)C(C)(C)c2cccc(C#N)c2)o1. The maximum atomic E-state index is 12.6. The summed E-state index contributed by atoms with van der Waals surface area (Å²) in [6, 6.07) is 12.5. The Balaban J connectivity index is 2.12. The molecule has 1 atom stereocenters. The van der Waals surface area contributed by atoms with Crippen LogP contribution in [0.4, 0.5) is 0 Å². The smallest absolute Gasteiger partial charge is 0.230 e. The van der Waals surface area contributed by atoms with E-state index in [0.717, 1.165) is 5.56 Å². The van der Waals surface area contributed by atoms with Crippen LogP contribution in [0.5, 0.6) is 0 Å². The van der Waals surface area contributed by atoms with Crippen LogP contribution >= 0.6 is 0 Å². The highest BCUT2D eigenvalue weighted by molar-refractivity contribution is 5.87. The van der Waals surface area contributed by atoms with Crippen LogP contribution in [0, 0.1) is 18.3 Å². The Labute approximate surface area is 141 Å². The molecule has 0 spiro atoms. The van der Waals surface area contributed by atoms with Crippen LogP contribution in [0.3, 0.4) is 0 Å². The molecule has 1 unspecified atom stereocenters. The predicted octanol–water partition coefficient (Wildman–Crippen LogP) is 2.76. The molecule has 0 aliphatic rings. The fourth-order valence-corrected chi connectivity index (χ4v) is 2.39. The fraction of sp³-hybridized carbons (Fsp3) is 0.368. The van der Waals surface area contributed by atoms with Crippen molar-refractivity contribution in [2.75, 3.05) is 6.54 Å². The summed E-state index contributed by atoms with van der Waals surface area (Å²) < 4.78 is 5.44. The van der Waals surface area contributed by atoms with Crippen LogP contribution in [-0.2, 0) is 15.8 Å². The third-order valence-electron chi connectivity index (χ3n) is 4.15. The highest BCUT2D eigenvalue weighted by Gasteiger charge is 2.33. The molecular formula is C19H22N2O3. The molecule has 2 rings (SSSR count). The number of hydrogen-bond donors (Lipinski definition) is 2. The molecule has 0 bridgehead atoms. The third kappa shape index (κ3) is 3.66. The first-order valence-corrected chi connectivity index (χ1v) is 7.75. The number of furan rings is 1. The summed E-state index contributed by atoms with van der Waals surface area (Å²) in [5.41, 5.74) is -0.879. The quantitative estimate of drug-likeness (QED) is 0.884. The van der Waals surface area contributed by atoms with E-state index in [1.54, 1.807) is 58.0 Å². The Kier molecular flexibility index (Phi) is 4.81. The lowest BCUT2D eigenvalue weighted by Gasteiger charge is -2.27. The monoisotopic (exact) mass is 326 g/mol. The molecule has 2 N–H and O–H groups in total. The molecule has 2 aromatic rings. The number of nitrogens with zero attached hydrogens (tertiary/aromatic N) is 1. The lowest BCUT2D eigenvalue weighted by Crippen LogP contribution is -2.45. The van der Waals surface area contributed by atoms with E-state index in [2.05, 4.69) is 11.4 Å². The molecule has 126 valence electrons. The van der Waals surface area contributed by atoms with Crippen LogP contribution in [0.25, 0.3) is 0 Å². The van der Waals surface area contributed by atoms with Gasteiger partial charge in [0, 0.05) is 0 Å². The number of nitriles is 1. The van der Waals surface area contributed by atoms with E-state index in [-0.39, 0.29) is 12.5 Å². The lowest BCUT2D eigenvalue weighted by atomic mass is 9.83. The number of aryl methyl sites for hydroxylation is 1. The number of nitrogens with one attached hydrogen (secondary N) is 1. The molecule has 5 nitrogen and oxygen atoms in total. The number of carbonyl (C=O) groups excluding carboxylic acids is 1. The van der Waals surface area contributed by atoms with E-state index in [9.17, 15) is 9.90 Å². The van der Waals surface area contributed by atoms with Crippen molar-refractivity contribution in [3.05, 3.63) is 59.0 Å². The first-order chi connectivity index (χ1) is 11.2. The average molecular weight is 326 g/mol. The zero-order valence-corrected chi connectivity index (χ0v) is 14.4. The van der Waals surface area contributed by atoms with Gasteiger partial charge < -0.3 is 14.8 Å². The Morgan fingerprint density at radius 3 is 2.58 bits per heavy atom. The van der Waals surface area contributed by atoms with Crippen molar-refractivity contribution < 1.29 is 14.3 Å². The molecule has 0 fully saturated rings. The van der Waals surface area contributed by atoms with E-state index < -0.39 is 11.0 Å². The first-order valence-electron chi connectivity index (χ1n) is 7.75. The van der Waals surface area contributed by atoms with Crippen molar-refractivity contribution in [3.63, 3.8) is 0 Å². The highest BCUT2D eigenvalue weighted by atomic mass is 16.4. The van der Waals surface area contributed by atoms with Gasteiger partial charge in [0.2, 0.25) is 5.91 Å². The van der Waals surface area contributed by atoms with Crippen LogP contribution in [-0.4, -0.2) is 17.6 Å². The summed E-state index contributed by atoms with van der Waals surface area (Å²) in [7, 11) is 0. The summed E-state index contributed by atoms with van der Waals surface area (Å²) in [6.07, 6.45) is 0. The molecule has 0 saturated heterocycles. The van der Waals surface area contributed by atoms with Crippen molar-refractivity contribution in [2.45, 2.75) is 38.7 Å². The molecular weight excluding hydrogens is 304 g/mol. The summed E-state index contributed by atoms with van der Waals surface area (Å²) in [5, 5.41) is 22.3. The van der Waals surface area contributed by atoms with E-state index in [1.807, 2.05) is 6.07 Å². The average Bonchev–Trinajstić information content (AvgIpc) is 3.00. The minimum Gasteiger partial charge on any atom is -0.463 e. The molecule has 0 aliphatic heterocycles. The van der Waals surface area contributed by atoms with E-state index in [0.29, 0.717) is 17.1 Å². The van der Waals surface area contributed by atoms with Gasteiger partial charge >= 0.3 is 0 Å². The van der Waals surface area contributed by atoms with Crippen molar-refractivity contribution in [1.82, 2.24) is 5.32 Å². The summed E-state index contributed by atoms with van der Waals surface area (Å²) in [5.74, 6) is 0.871. The zero-order valence-electron chi connectivity index (χ0n) is 14.4. The van der Waals surface area contributed by atoms with E-state index in [1.165, 1.54) is 0 Å². The largest absolute Gasteiger partial charge is 0.463 e. The second-order valence-electron chi connectivity index (χ2n) is 6.68. The summed E-state index contributed by atoms with van der Waals surface area (Å²) in [6.45, 7) is 6.98. The standard InChI is InChI=1S/C19H22N2O3/c1-13-8-9-16(24-13)19(4,23)12-21-17(22)18(2,3)15-7-5-6-14(10-15)11-20/h5-10,23H,12H2,1-4H3,(H,21,22). The molecule has 0 aliphatic carbocycles. The minimum absolute atomic E-state index is 0.0279. The maximum absolute atomic E-state index is 12.6. The normalized spacial score (nSPS) is 13.8. The van der Waals surface area contributed by atoms with Crippen molar-refractivity contribution in [3.8, 4) is 6.07 Å². The van der Waals surface area contributed by atoms with Gasteiger partial charge in [0.05, 0.1) is 23.6 Å². The molecule has 1 amide bonds. The van der Waals surface area contributed by atoms with Gasteiger partial charge in [-0.2, -0.15) is 5.26 Å². The maximum Gasteiger partial charge on any atom is 0.230 e. The molecule has 1 heterocycles. The highest BCUT2D eigenvalue weighted by Crippen LogP contribution is 2.26. The molecule has 24 heavy (non-hydrogen) atoms. The Morgan fingerprint density at radius 2 is 2.00 bits per heavy atom. The van der Waals surface area contributed by atoms with Gasteiger partial charge in [0.1, 0.15) is 17.1 Å². The Bertz CT molecular complexity index is 782. The van der Waals surface area contributed by atoms with Crippen LogP contribution < -0.4 is 5.32 Å². The van der Waals surface area contributed by atoms with Gasteiger partial charge in [-0.25, -0.2) is 0 Å². The Hall–Kier alpha value is -2.58. The summed E-state index contributed by atoms with van der Waals surface area (Å²) >= 11 is 0. The second-order valence-corrected chi connectivity index (χ2v) is 6.68. The van der Waals surface area contributed by atoms with Crippen molar-refractivity contribution >= 4 is 5.91 Å². The predicted molar refractivity (Wildman–Crippen MR) is 90.2 cm³/mol. The van der Waals surface area contributed by atoms with E-state index >= 15 is 0 Å². The van der Waals surface area contributed by atoms with Crippen LogP contribution in [0.2, 0.25) is 0 Å². The van der Waals surface area contributed by atoms with Crippen LogP contribution in [0.1, 0.15) is 43.4 Å². The Morgan fingerprint density at radius 1 is 1.29 bits per heavy atom. The number of aliphatic hydroxyl groups is 1. The van der Waals surface area contributed by atoms with Crippen molar-refractivity contribution in [2.24, 2.45) is 0 Å². The third-order valence-corrected chi connectivity index (χ3v) is 4.15. The lowest BCUT2D eigenvalue weighted by molar-refractivity contribution is -0.127. The molecule has 1 aromatic carbocycles. The van der Waals surface area contributed by atoms with Gasteiger partial charge in [0.15, 0.2) is 0 Å². The zero-order chi connectivity index (χ0) is 18.0. The van der Waals surface area contributed by atoms with Gasteiger partial charge in [0.25, 0.3) is 0 Å². The number of hydrogen-bond acceptors (Lipinski definition) is 4. The minimum atomic E-state index is -1.30. The second kappa shape index (κ2) is 6.50. The summed E-state index contributed by atoms with van der Waals surface area (Å²) in [4.78, 5) is 12.6. The van der Waals surface area contributed by atoms with Gasteiger partial charge in [-0.1, -0.05) is 12.1 Å². The number of benzene rings is 1.